The van der Waals surface area contributed by atoms with Crippen molar-refractivity contribution in [2.75, 3.05) is 0 Å². The van der Waals surface area contributed by atoms with Crippen molar-refractivity contribution in [1.82, 2.24) is 0 Å². The second-order valence-corrected chi connectivity index (χ2v) is 25.8. The van der Waals surface area contributed by atoms with Crippen LogP contribution in [0.2, 0.25) is 26.2 Å². The molecule has 1 aliphatic heterocycles. The van der Waals surface area contributed by atoms with Gasteiger partial charge in [0.25, 0.3) is 0 Å². The summed E-state index contributed by atoms with van der Waals surface area (Å²) in [6.45, 7) is 36.8. The van der Waals surface area contributed by atoms with E-state index >= 15 is 0 Å². The van der Waals surface area contributed by atoms with E-state index < -0.39 is 16.5 Å². The van der Waals surface area contributed by atoms with Crippen LogP contribution in [0.5, 0.6) is 11.5 Å². The van der Waals surface area contributed by atoms with Crippen molar-refractivity contribution in [1.29, 1.82) is 0 Å². The summed E-state index contributed by atoms with van der Waals surface area (Å²) in [6.07, 6.45) is 0. The molecule has 272 valence electrons. The third-order valence-electron chi connectivity index (χ3n) is 10.0. The summed E-state index contributed by atoms with van der Waals surface area (Å²) in [6, 6.07) is 23.0. The normalized spacial score (nSPS) is 13.7. The third-order valence-corrected chi connectivity index (χ3v) is 15.0. The van der Waals surface area contributed by atoms with Crippen LogP contribution in [0.3, 0.4) is 0 Å². The Morgan fingerprint density at radius 1 is 0.510 bits per heavy atom. The number of hydrogen-bond acceptors (Lipinski definition) is 1. The first-order valence-corrected chi connectivity index (χ1v) is 23.5. The van der Waals surface area contributed by atoms with Gasteiger partial charge in [-0.15, -0.1) is 11.4 Å². The van der Waals surface area contributed by atoms with Crippen LogP contribution < -0.4 is 15.1 Å². The molecule has 0 unspecified atom stereocenters. The van der Waals surface area contributed by atoms with Gasteiger partial charge in [-0.05, 0) is 76.5 Å². The first-order valence-electron chi connectivity index (χ1n) is 17.6. The molecule has 0 saturated heterocycles. The maximum Gasteiger partial charge on any atom is 4.00 e. The largest absolute Gasteiger partial charge is 4.00 e. The molecule has 5 rings (SSSR count). The summed E-state index contributed by atoms with van der Waals surface area (Å²) in [4.78, 5) is 11.1. The number of aryl methyl sites for hydroxylation is 4. The van der Waals surface area contributed by atoms with E-state index in [2.05, 4.69) is 170 Å². The Morgan fingerprint density at radius 2 is 0.804 bits per heavy atom. The molecule has 0 atom stereocenters. The fourth-order valence-corrected chi connectivity index (χ4v) is 11.5. The number of fused-ring (bicyclic) bond motifs is 2. The van der Waals surface area contributed by atoms with E-state index in [4.69, 9.17) is 14.7 Å². The van der Waals surface area contributed by atoms with Crippen LogP contribution in [0.1, 0.15) is 99.9 Å². The minimum Gasteiger partial charge on any atom is -0.683 e. The average molecular weight is 884 g/mol. The van der Waals surface area contributed by atoms with Crippen LogP contribution in [0.25, 0.3) is 9.96 Å². The van der Waals surface area contributed by atoms with E-state index in [1.807, 2.05) is 0 Å². The first-order chi connectivity index (χ1) is 21.9. The van der Waals surface area contributed by atoms with Crippen molar-refractivity contribution in [2.45, 2.75) is 126 Å². The molecule has 4 aromatic carbocycles. The average Bonchev–Trinajstić information content (AvgIpc) is 2.89. The molecule has 0 amide bonds. The molecule has 3 nitrogen and oxygen atoms in total. The van der Waals surface area contributed by atoms with Crippen molar-refractivity contribution in [3.63, 3.8) is 0 Å². The third kappa shape index (κ3) is 9.22. The second-order valence-electron chi connectivity index (χ2n) is 18.1. The SMILES string of the molecule is Cc1cc(C)cc([N-][Si](C)(C)c2cc(C(C)(C)C)cc3c2Oc2c(cc(C(C)(C)C)cc2[Si](C)(C)[N-]c2cc(C)cc(C)c2)C3(C)C)c1.[CH3-].[CH3-].[Hf+4]. The zero-order chi connectivity index (χ0) is 35.8. The summed E-state index contributed by atoms with van der Waals surface area (Å²) in [5, 5.41) is 2.53. The van der Waals surface area contributed by atoms with Crippen molar-refractivity contribution in [3.8, 4) is 11.5 Å². The Balaban J connectivity index is 0.00000300. The molecule has 0 N–H and O–H groups in total. The molecule has 0 aromatic heterocycles. The van der Waals surface area contributed by atoms with Crippen molar-refractivity contribution >= 4 is 38.2 Å². The van der Waals surface area contributed by atoms with E-state index in [0.717, 1.165) is 22.9 Å². The molecule has 0 radical (unpaired) electrons. The van der Waals surface area contributed by atoms with Gasteiger partial charge >= 0.3 is 25.8 Å². The van der Waals surface area contributed by atoms with Crippen molar-refractivity contribution < 1.29 is 30.6 Å². The maximum absolute atomic E-state index is 7.40. The number of ether oxygens (including phenoxy) is 1. The molecule has 0 spiro atoms. The smallest absolute Gasteiger partial charge is 0.683 e. The predicted molar refractivity (Wildman–Crippen MR) is 227 cm³/mol. The van der Waals surface area contributed by atoms with Crippen LogP contribution >= 0.6 is 0 Å². The standard InChI is InChI=1S/C43H58N2OSi2.2CH3.Hf/c1-27-17-28(2)20-33(19-27)44-47(13,14)37-25-31(41(5,6)7)23-35-39(37)46-40-36(43(35,11)12)24-32(42(8,9)10)26-38(40)48(15,16)45-34-21-29(3)18-30(4)22-34;;;/h17-26H,1-16H3;2*1H3;/q-2;2*-1;+4. The molecular weight excluding hydrogens is 819 g/mol. The van der Waals surface area contributed by atoms with Crippen LogP contribution in [-0.4, -0.2) is 16.5 Å². The van der Waals surface area contributed by atoms with Crippen molar-refractivity contribution in [3.05, 3.63) is 130 Å². The zero-order valence-corrected chi connectivity index (χ0v) is 40.7. The molecule has 0 bridgehead atoms. The molecular formula is C45H64HfN2OSi2. The van der Waals surface area contributed by atoms with E-state index in [9.17, 15) is 0 Å². The molecule has 1 heterocycles. The van der Waals surface area contributed by atoms with Gasteiger partial charge in [0.1, 0.15) is 11.5 Å². The quantitative estimate of drug-likeness (QED) is 0.140. The Morgan fingerprint density at radius 3 is 1.08 bits per heavy atom. The monoisotopic (exact) mass is 884 g/mol. The fourth-order valence-electron chi connectivity index (χ4n) is 7.22. The summed E-state index contributed by atoms with van der Waals surface area (Å²) in [5.74, 6) is 2.01. The van der Waals surface area contributed by atoms with E-state index in [1.165, 1.54) is 54.9 Å². The van der Waals surface area contributed by atoms with E-state index in [-0.39, 0.29) is 56.9 Å². The van der Waals surface area contributed by atoms with Gasteiger partial charge in [0, 0.05) is 16.5 Å². The Bertz CT molecular complexity index is 1720. The molecule has 0 saturated carbocycles. The molecule has 1 aliphatic rings. The molecule has 4 aromatic rings. The molecule has 51 heavy (non-hydrogen) atoms. The fraction of sp³-hybridized carbons (Fsp3) is 0.422. The van der Waals surface area contributed by atoms with Crippen LogP contribution in [-0.2, 0) is 42.1 Å². The van der Waals surface area contributed by atoms with Gasteiger partial charge in [0.05, 0.1) is 0 Å². The summed E-state index contributed by atoms with van der Waals surface area (Å²) in [7, 11) is -4.86. The zero-order valence-electron chi connectivity index (χ0n) is 35.1. The van der Waals surface area contributed by atoms with Gasteiger partial charge in [-0.2, -0.15) is 0 Å². The summed E-state index contributed by atoms with van der Waals surface area (Å²) < 4.78 is 7.40. The second kappa shape index (κ2) is 15.1. The van der Waals surface area contributed by atoms with E-state index in [0.29, 0.717) is 0 Å². The van der Waals surface area contributed by atoms with Gasteiger partial charge < -0.3 is 29.6 Å². The van der Waals surface area contributed by atoms with Gasteiger partial charge in [0.2, 0.25) is 0 Å². The number of rotatable bonds is 6. The first kappa shape index (κ1) is 44.7. The minimum absolute atomic E-state index is 0. The molecule has 0 fully saturated rings. The Labute approximate surface area is 333 Å². The maximum atomic E-state index is 7.40. The number of benzene rings is 4. The molecule has 6 heteroatoms. The molecule has 0 aliphatic carbocycles. The van der Waals surface area contributed by atoms with Gasteiger partial charge in [-0.3, -0.25) is 0 Å². The Kier molecular flexibility index (Phi) is 13.3. The van der Waals surface area contributed by atoms with Crippen LogP contribution in [0, 0.1) is 42.5 Å². The summed E-state index contributed by atoms with van der Waals surface area (Å²) >= 11 is 0. The van der Waals surface area contributed by atoms with E-state index in [1.54, 1.807) is 0 Å². The summed E-state index contributed by atoms with van der Waals surface area (Å²) in [5.41, 5.74) is 11.9. The number of hydrogen-bond donors (Lipinski definition) is 0. The van der Waals surface area contributed by atoms with Crippen molar-refractivity contribution in [2.24, 2.45) is 0 Å². The number of nitrogens with zero attached hydrogens (tertiary/aromatic N) is 2. The van der Waals surface area contributed by atoms with Gasteiger partial charge in [-0.25, -0.2) is 0 Å². The Hall–Kier alpha value is -2.42. The minimum atomic E-state index is -2.43. The topological polar surface area (TPSA) is 37.4 Å². The van der Waals surface area contributed by atoms with Crippen LogP contribution in [0.4, 0.5) is 11.4 Å². The predicted octanol–water partition coefficient (Wildman–Crippen LogP) is 13.1. The van der Waals surface area contributed by atoms with Gasteiger partial charge in [0.15, 0.2) is 0 Å². The van der Waals surface area contributed by atoms with Crippen LogP contribution in [0.15, 0.2) is 60.7 Å². The van der Waals surface area contributed by atoms with Gasteiger partial charge in [-0.1, -0.05) is 164 Å².